The highest BCUT2D eigenvalue weighted by molar-refractivity contribution is 6.32. The average Bonchev–Trinajstić information content (AvgIpc) is 3.67. The number of halogens is 1. The van der Waals surface area contributed by atoms with Crippen molar-refractivity contribution in [1.29, 1.82) is 5.26 Å². The van der Waals surface area contributed by atoms with Crippen LogP contribution < -0.4 is 5.01 Å². The molecule has 2 aromatic rings. The number of rotatable bonds is 4. The number of likely N-dealkylation sites (N-methyl/N-ethyl adjacent to an activating group) is 1. The number of hydrazone groups is 1. The van der Waals surface area contributed by atoms with E-state index in [4.69, 9.17) is 21.7 Å². The van der Waals surface area contributed by atoms with Crippen LogP contribution in [0.2, 0.25) is 5.02 Å². The number of nitriles is 1. The normalized spacial score (nSPS) is 25.3. The lowest BCUT2D eigenvalue weighted by molar-refractivity contribution is 0.0777. The van der Waals surface area contributed by atoms with Gasteiger partial charge in [0, 0.05) is 30.6 Å². The third kappa shape index (κ3) is 4.30. The second kappa shape index (κ2) is 9.74. The van der Waals surface area contributed by atoms with E-state index in [1.807, 2.05) is 23.1 Å². The molecular weight excluding hydrogens is 484 g/mol. The molecule has 0 N–H and O–H groups in total. The molecule has 0 spiro atoms. The summed E-state index contributed by atoms with van der Waals surface area (Å²) in [6.45, 7) is 1.53. The zero-order chi connectivity index (χ0) is 25.7. The van der Waals surface area contributed by atoms with Crippen LogP contribution in [0.25, 0.3) is 0 Å². The van der Waals surface area contributed by atoms with Gasteiger partial charge >= 0.3 is 0 Å². The number of amides is 1. The third-order valence-electron chi connectivity index (χ3n) is 8.82. The number of aromatic nitrogens is 1. The second-order valence-corrected chi connectivity index (χ2v) is 11.5. The van der Waals surface area contributed by atoms with E-state index in [1.165, 1.54) is 25.7 Å². The van der Waals surface area contributed by atoms with Crippen molar-refractivity contribution in [2.45, 2.75) is 57.0 Å². The minimum atomic E-state index is 0.0281. The summed E-state index contributed by atoms with van der Waals surface area (Å²) < 4.78 is 0. The van der Waals surface area contributed by atoms with Crippen LogP contribution in [0, 0.1) is 23.2 Å². The second-order valence-electron chi connectivity index (χ2n) is 11.1. The molecule has 6 rings (SSSR count). The molecule has 0 bridgehead atoms. The minimum Gasteiger partial charge on any atom is -0.336 e. The van der Waals surface area contributed by atoms with Crippen LogP contribution >= 0.6 is 11.6 Å². The van der Waals surface area contributed by atoms with Crippen molar-refractivity contribution in [1.82, 2.24) is 14.8 Å². The van der Waals surface area contributed by atoms with Crippen molar-refractivity contribution >= 4 is 28.9 Å². The summed E-state index contributed by atoms with van der Waals surface area (Å²) in [6, 6.07) is 12.4. The smallest absolute Gasteiger partial charge is 0.272 e. The van der Waals surface area contributed by atoms with Gasteiger partial charge in [-0.3, -0.25) is 9.80 Å². The first-order valence-electron chi connectivity index (χ1n) is 13.5. The predicted molar refractivity (Wildman–Crippen MR) is 145 cm³/mol. The number of benzene rings is 1. The molecule has 3 heterocycles. The quantitative estimate of drug-likeness (QED) is 0.587. The molecular formula is C29H33ClN6O. The molecule has 2 aliphatic carbocycles. The number of carbonyl (C=O) groups is 1. The summed E-state index contributed by atoms with van der Waals surface area (Å²) >= 11 is 6.43. The van der Waals surface area contributed by atoms with Gasteiger partial charge in [-0.25, -0.2) is 4.98 Å². The summed E-state index contributed by atoms with van der Waals surface area (Å²) in [6.07, 6.45) is 7.79. The maximum absolute atomic E-state index is 13.2. The molecule has 37 heavy (non-hydrogen) atoms. The van der Waals surface area contributed by atoms with Gasteiger partial charge in [-0.1, -0.05) is 24.4 Å². The predicted octanol–water partition coefficient (Wildman–Crippen LogP) is 4.73. The van der Waals surface area contributed by atoms with Gasteiger partial charge in [-0.05, 0) is 82.4 Å². The number of aryl methyl sites for hydroxylation is 1. The van der Waals surface area contributed by atoms with Crippen molar-refractivity contribution in [3.8, 4) is 6.07 Å². The number of anilines is 1. The van der Waals surface area contributed by atoms with Gasteiger partial charge in [-0.15, -0.1) is 0 Å². The van der Waals surface area contributed by atoms with Crippen LogP contribution in [0.1, 0.15) is 65.8 Å². The monoisotopic (exact) mass is 516 g/mol. The fourth-order valence-electron chi connectivity index (χ4n) is 6.79. The SMILES string of the molecule is CN(C)C1CCN(C(=O)c2ccc3c(n2)CCC2C3=NN(c3ccc(C#N)c(Cl)c3)C2C2CCCC2)C1. The van der Waals surface area contributed by atoms with E-state index >= 15 is 0 Å². The van der Waals surface area contributed by atoms with Gasteiger partial charge in [0.05, 0.1) is 33.7 Å². The Morgan fingerprint density at radius 2 is 1.95 bits per heavy atom. The first kappa shape index (κ1) is 24.4. The Morgan fingerprint density at radius 1 is 1.14 bits per heavy atom. The lowest BCUT2D eigenvalue weighted by atomic mass is 9.76. The molecule has 4 aliphatic rings. The van der Waals surface area contributed by atoms with Gasteiger partial charge in [0.25, 0.3) is 5.91 Å². The third-order valence-corrected chi connectivity index (χ3v) is 9.14. The van der Waals surface area contributed by atoms with E-state index in [0.29, 0.717) is 34.2 Å². The van der Waals surface area contributed by atoms with Gasteiger partial charge in [-0.2, -0.15) is 10.4 Å². The maximum Gasteiger partial charge on any atom is 0.272 e. The highest BCUT2D eigenvalue weighted by Crippen LogP contribution is 2.45. The number of hydrogen-bond donors (Lipinski definition) is 0. The molecule has 2 aliphatic heterocycles. The van der Waals surface area contributed by atoms with Gasteiger partial charge in [0.15, 0.2) is 0 Å². The molecule has 3 unspecified atom stereocenters. The van der Waals surface area contributed by atoms with Crippen molar-refractivity contribution in [2.24, 2.45) is 16.9 Å². The van der Waals surface area contributed by atoms with Gasteiger partial charge in [0.1, 0.15) is 11.8 Å². The highest BCUT2D eigenvalue weighted by atomic mass is 35.5. The van der Waals surface area contributed by atoms with E-state index in [2.05, 4.69) is 36.1 Å². The minimum absolute atomic E-state index is 0.0281. The Labute approximate surface area is 223 Å². The fourth-order valence-corrected chi connectivity index (χ4v) is 7.01. The molecule has 192 valence electrons. The first-order valence-corrected chi connectivity index (χ1v) is 13.9. The number of carbonyl (C=O) groups excluding carboxylic acids is 1. The summed E-state index contributed by atoms with van der Waals surface area (Å²) in [5, 5.41) is 17.2. The van der Waals surface area contributed by atoms with Crippen LogP contribution in [0.5, 0.6) is 0 Å². The van der Waals surface area contributed by atoms with Crippen LogP contribution in [-0.4, -0.2) is 65.7 Å². The molecule has 1 saturated carbocycles. The van der Waals surface area contributed by atoms with E-state index < -0.39 is 0 Å². The molecule has 2 fully saturated rings. The Bertz CT molecular complexity index is 1290. The molecule has 1 aromatic heterocycles. The summed E-state index contributed by atoms with van der Waals surface area (Å²) in [4.78, 5) is 22.3. The van der Waals surface area contributed by atoms with E-state index in [0.717, 1.165) is 55.0 Å². The Balaban J connectivity index is 1.32. The van der Waals surface area contributed by atoms with Gasteiger partial charge in [0.2, 0.25) is 0 Å². The molecule has 1 amide bonds. The number of nitrogens with zero attached hydrogens (tertiary/aromatic N) is 6. The van der Waals surface area contributed by atoms with Crippen molar-refractivity contribution < 1.29 is 4.79 Å². The zero-order valence-electron chi connectivity index (χ0n) is 21.5. The molecule has 1 saturated heterocycles. The van der Waals surface area contributed by atoms with Gasteiger partial charge < -0.3 is 9.80 Å². The molecule has 7 nitrogen and oxygen atoms in total. The standard InChI is InChI=1S/C29H33ClN6O/c1-34(2)21-13-14-35(17-21)29(37)26-12-9-22-25(32-26)11-10-23-27(22)33-36(28(23)18-5-3-4-6-18)20-8-7-19(16-31)24(30)15-20/h7-9,12,15,18,21,23,28H,3-6,10-11,13-14,17H2,1-2H3. The maximum atomic E-state index is 13.2. The van der Waals surface area contributed by atoms with Crippen molar-refractivity contribution in [3.05, 3.63) is 57.9 Å². The summed E-state index contributed by atoms with van der Waals surface area (Å²) in [7, 11) is 4.14. The largest absolute Gasteiger partial charge is 0.336 e. The first-order chi connectivity index (χ1) is 17.9. The molecule has 1 aromatic carbocycles. The Morgan fingerprint density at radius 3 is 2.65 bits per heavy atom. The van der Waals surface area contributed by atoms with E-state index in [1.54, 1.807) is 6.07 Å². The number of fused-ring (bicyclic) bond motifs is 3. The zero-order valence-corrected chi connectivity index (χ0v) is 22.3. The summed E-state index contributed by atoms with van der Waals surface area (Å²) in [5.41, 5.74) is 5.10. The fraction of sp³-hybridized carbons (Fsp3) is 0.517. The number of pyridine rings is 1. The van der Waals surface area contributed by atoms with Crippen LogP contribution in [0.15, 0.2) is 35.4 Å². The lowest BCUT2D eigenvalue weighted by Crippen LogP contribution is -2.41. The van der Waals surface area contributed by atoms with Crippen molar-refractivity contribution in [3.63, 3.8) is 0 Å². The van der Waals surface area contributed by atoms with E-state index in [9.17, 15) is 10.1 Å². The molecule has 0 radical (unpaired) electrons. The van der Waals surface area contributed by atoms with Crippen LogP contribution in [0.4, 0.5) is 5.69 Å². The topological polar surface area (TPSA) is 75.8 Å². The summed E-state index contributed by atoms with van der Waals surface area (Å²) in [5.74, 6) is 0.934. The Kier molecular flexibility index (Phi) is 6.42. The van der Waals surface area contributed by atoms with Crippen LogP contribution in [-0.2, 0) is 6.42 Å². The highest BCUT2D eigenvalue weighted by Gasteiger charge is 2.46. The number of hydrogen-bond acceptors (Lipinski definition) is 6. The molecule has 3 atom stereocenters. The van der Waals surface area contributed by atoms with E-state index in [-0.39, 0.29) is 11.9 Å². The van der Waals surface area contributed by atoms with Crippen LogP contribution in [0.3, 0.4) is 0 Å². The lowest BCUT2D eigenvalue weighted by Gasteiger charge is -2.34. The number of likely N-dealkylation sites (tertiary alicyclic amines) is 1. The Hall–Kier alpha value is -2.95. The van der Waals surface area contributed by atoms with Crippen molar-refractivity contribution in [2.75, 3.05) is 32.2 Å². The average molecular weight is 517 g/mol. The molecule has 8 heteroatoms.